The lowest BCUT2D eigenvalue weighted by Crippen LogP contribution is -2.32. The molecule has 10 heteroatoms. The van der Waals surface area contributed by atoms with Crippen molar-refractivity contribution in [3.63, 3.8) is 0 Å². The Morgan fingerprint density at radius 3 is 2.81 bits per heavy atom. The van der Waals surface area contributed by atoms with E-state index in [2.05, 4.69) is 20.7 Å². The van der Waals surface area contributed by atoms with E-state index in [0.717, 1.165) is 42.1 Å². The molecule has 0 saturated carbocycles. The van der Waals surface area contributed by atoms with E-state index in [1.54, 1.807) is 11.8 Å². The smallest absolute Gasteiger partial charge is 0.196 e. The van der Waals surface area contributed by atoms with Crippen LogP contribution < -0.4 is 20.1 Å². The lowest BCUT2D eigenvalue weighted by Gasteiger charge is -2.14. The largest absolute Gasteiger partial charge is 0.490 e. The normalized spacial score (nSPS) is 13.3. The van der Waals surface area contributed by atoms with Crippen LogP contribution in [0.25, 0.3) is 0 Å². The van der Waals surface area contributed by atoms with Crippen molar-refractivity contribution < 1.29 is 18.9 Å². The van der Waals surface area contributed by atoms with Crippen LogP contribution in [0.5, 0.6) is 11.5 Å². The van der Waals surface area contributed by atoms with E-state index < -0.39 is 0 Å². The Morgan fingerprint density at radius 2 is 2.03 bits per heavy atom. The third kappa shape index (κ3) is 8.91. The van der Waals surface area contributed by atoms with Gasteiger partial charge in [-0.25, -0.2) is 4.99 Å². The SMILES string of the molecule is COCCOCCCNC(=NCc1cnn(C)c1)Nc1ccc2c(c1)OCCCO2.I. The number of hydrogen-bond donors (Lipinski definition) is 2. The average Bonchev–Trinajstić information content (AvgIpc) is 3.02. The van der Waals surface area contributed by atoms with Crippen LogP contribution in [-0.4, -0.2) is 62.4 Å². The number of methoxy groups -OCH3 is 1. The van der Waals surface area contributed by atoms with Crippen molar-refractivity contribution >= 4 is 35.6 Å². The van der Waals surface area contributed by atoms with Crippen LogP contribution in [0.2, 0.25) is 0 Å². The fraction of sp³-hybridized carbons (Fsp3) is 0.524. The van der Waals surface area contributed by atoms with Gasteiger partial charge in [-0.2, -0.15) is 5.10 Å². The molecule has 31 heavy (non-hydrogen) atoms. The quantitative estimate of drug-likeness (QED) is 0.205. The lowest BCUT2D eigenvalue weighted by molar-refractivity contribution is 0.0699. The Morgan fingerprint density at radius 1 is 1.19 bits per heavy atom. The first-order valence-corrected chi connectivity index (χ1v) is 10.2. The molecule has 0 amide bonds. The lowest BCUT2D eigenvalue weighted by atomic mass is 10.2. The minimum Gasteiger partial charge on any atom is -0.490 e. The Hall–Kier alpha value is -2.05. The molecular formula is C21H32IN5O4. The van der Waals surface area contributed by atoms with Gasteiger partial charge in [0.15, 0.2) is 17.5 Å². The van der Waals surface area contributed by atoms with E-state index >= 15 is 0 Å². The molecule has 1 aromatic carbocycles. The summed E-state index contributed by atoms with van der Waals surface area (Å²) >= 11 is 0. The first kappa shape index (κ1) is 25.2. The summed E-state index contributed by atoms with van der Waals surface area (Å²) in [5.74, 6) is 2.20. The molecule has 2 N–H and O–H groups in total. The molecule has 0 aliphatic carbocycles. The van der Waals surface area contributed by atoms with Crippen molar-refractivity contribution in [3.05, 3.63) is 36.2 Å². The van der Waals surface area contributed by atoms with Crippen LogP contribution >= 0.6 is 24.0 Å². The van der Waals surface area contributed by atoms with Gasteiger partial charge in [0.25, 0.3) is 0 Å². The highest BCUT2D eigenvalue weighted by atomic mass is 127. The number of ether oxygens (including phenoxy) is 4. The molecular weight excluding hydrogens is 513 g/mol. The van der Waals surface area contributed by atoms with Crippen molar-refractivity contribution in [3.8, 4) is 11.5 Å². The summed E-state index contributed by atoms with van der Waals surface area (Å²) in [6.07, 6.45) is 5.51. The number of nitrogens with zero attached hydrogens (tertiary/aromatic N) is 3. The summed E-state index contributed by atoms with van der Waals surface area (Å²) in [6.45, 7) is 4.46. The third-order valence-corrected chi connectivity index (χ3v) is 4.38. The van der Waals surface area contributed by atoms with Crippen LogP contribution in [0.4, 0.5) is 5.69 Å². The minimum absolute atomic E-state index is 0. The number of anilines is 1. The fourth-order valence-corrected chi connectivity index (χ4v) is 2.87. The maximum Gasteiger partial charge on any atom is 0.196 e. The molecule has 0 unspecified atom stereocenters. The topological polar surface area (TPSA) is 91.2 Å². The summed E-state index contributed by atoms with van der Waals surface area (Å²) in [5.41, 5.74) is 1.92. The second kappa shape index (κ2) is 14.1. The molecule has 3 rings (SSSR count). The van der Waals surface area contributed by atoms with Gasteiger partial charge in [0, 0.05) is 57.2 Å². The molecule has 0 saturated heterocycles. The number of hydrogen-bond acceptors (Lipinski definition) is 6. The van der Waals surface area contributed by atoms with Crippen LogP contribution in [-0.2, 0) is 23.1 Å². The van der Waals surface area contributed by atoms with Crippen LogP contribution in [0.15, 0.2) is 35.6 Å². The molecule has 0 spiro atoms. The van der Waals surface area contributed by atoms with Crippen molar-refractivity contribution in [1.29, 1.82) is 0 Å². The van der Waals surface area contributed by atoms with Crippen LogP contribution in [0.3, 0.4) is 0 Å². The van der Waals surface area contributed by atoms with Gasteiger partial charge in [-0.15, -0.1) is 24.0 Å². The fourth-order valence-electron chi connectivity index (χ4n) is 2.87. The number of halogens is 1. The molecule has 1 aliphatic heterocycles. The van der Waals surface area contributed by atoms with Crippen LogP contribution in [0, 0.1) is 0 Å². The molecule has 0 radical (unpaired) electrons. The van der Waals surface area contributed by atoms with Crippen molar-refractivity contribution in [2.75, 3.05) is 52.0 Å². The van der Waals surface area contributed by atoms with E-state index in [1.165, 1.54) is 0 Å². The number of benzene rings is 1. The van der Waals surface area contributed by atoms with Crippen molar-refractivity contribution in [2.45, 2.75) is 19.4 Å². The van der Waals surface area contributed by atoms with Gasteiger partial charge in [-0.1, -0.05) is 0 Å². The first-order chi connectivity index (χ1) is 14.7. The molecule has 2 aromatic rings. The standard InChI is InChI=1S/C21H31N5O4.HI/c1-26-16-17(15-24-26)14-23-21(22-7-3-8-28-12-11-27-2)25-18-5-6-19-20(13-18)30-10-4-9-29-19;/h5-6,13,15-16H,3-4,7-12,14H2,1-2H3,(H2,22,23,25);1H. The van der Waals surface area contributed by atoms with Gasteiger partial charge in [0.1, 0.15) is 0 Å². The zero-order valence-electron chi connectivity index (χ0n) is 18.1. The molecule has 0 atom stereocenters. The Kier molecular flexibility index (Phi) is 11.5. The highest BCUT2D eigenvalue weighted by Gasteiger charge is 2.11. The van der Waals surface area contributed by atoms with Gasteiger partial charge in [0.2, 0.25) is 0 Å². The molecule has 1 aromatic heterocycles. The van der Waals surface area contributed by atoms with Gasteiger partial charge in [-0.05, 0) is 18.6 Å². The third-order valence-electron chi connectivity index (χ3n) is 4.38. The number of fused-ring (bicyclic) bond motifs is 1. The van der Waals surface area contributed by atoms with E-state index in [4.69, 9.17) is 18.9 Å². The zero-order valence-corrected chi connectivity index (χ0v) is 20.5. The highest BCUT2D eigenvalue weighted by Crippen LogP contribution is 2.32. The van der Waals surface area contributed by atoms with Crippen molar-refractivity contribution in [2.24, 2.45) is 12.0 Å². The second-order valence-corrected chi connectivity index (χ2v) is 6.91. The Balaban J connectivity index is 0.00000341. The number of aliphatic imine (C=N–C) groups is 1. The number of nitrogens with one attached hydrogen (secondary N) is 2. The molecule has 172 valence electrons. The summed E-state index contributed by atoms with van der Waals surface area (Å²) in [6, 6.07) is 5.82. The molecule has 0 fully saturated rings. The Bertz CT molecular complexity index is 815. The Labute approximate surface area is 200 Å². The number of guanidine groups is 1. The van der Waals surface area contributed by atoms with Gasteiger partial charge in [-0.3, -0.25) is 4.68 Å². The zero-order chi connectivity index (χ0) is 21.0. The molecule has 1 aliphatic rings. The van der Waals surface area contributed by atoms with E-state index in [9.17, 15) is 0 Å². The number of rotatable bonds is 10. The molecule has 9 nitrogen and oxygen atoms in total. The molecule has 0 bridgehead atoms. The van der Waals surface area contributed by atoms with Crippen LogP contribution in [0.1, 0.15) is 18.4 Å². The second-order valence-electron chi connectivity index (χ2n) is 6.91. The molecule has 2 heterocycles. The monoisotopic (exact) mass is 545 g/mol. The summed E-state index contributed by atoms with van der Waals surface area (Å²) in [7, 11) is 3.56. The maximum absolute atomic E-state index is 5.78. The van der Waals surface area contributed by atoms with E-state index in [0.29, 0.717) is 45.5 Å². The van der Waals surface area contributed by atoms with Gasteiger partial charge < -0.3 is 29.6 Å². The number of aryl methyl sites for hydroxylation is 1. The highest BCUT2D eigenvalue weighted by molar-refractivity contribution is 14.0. The van der Waals surface area contributed by atoms with Gasteiger partial charge in [0.05, 0.1) is 39.2 Å². The summed E-state index contributed by atoms with van der Waals surface area (Å²) in [5, 5.41) is 10.9. The minimum atomic E-state index is 0. The first-order valence-electron chi connectivity index (χ1n) is 10.2. The summed E-state index contributed by atoms with van der Waals surface area (Å²) < 4.78 is 23.8. The van der Waals surface area contributed by atoms with Crippen molar-refractivity contribution in [1.82, 2.24) is 15.1 Å². The predicted octanol–water partition coefficient (Wildman–Crippen LogP) is 2.81. The van der Waals surface area contributed by atoms with Gasteiger partial charge >= 0.3 is 0 Å². The maximum atomic E-state index is 5.78. The average molecular weight is 545 g/mol. The van der Waals surface area contributed by atoms with E-state index in [-0.39, 0.29) is 24.0 Å². The number of aromatic nitrogens is 2. The van der Waals surface area contributed by atoms with E-state index in [1.807, 2.05) is 37.6 Å². The predicted molar refractivity (Wildman–Crippen MR) is 131 cm³/mol. The summed E-state index contributed by atoms with van der Waals surface area (Å²) in [4.78, 5) is 4.69.